The van der Waals surface area contributed by atoms with Gasteiger partial charge in [-0.1, -0.05) is 5.16 Å². The minimum atomic E-state index is -0.0611. The molecule has 2 bridgehead atoms. The van der Waals surface area contributed by atoms with E-state index >= 15 is 0 Å². The van der Waals surface area contributed by atoms with Crippen LogP contribution in [0.25, 0.3) is 10.7 Å². The van der Waals surface area contributed by atoms with Gasteiger partial charge in [-0.3, -0.25) is 4.79 Å². The van der Waals surface area contributed by atoms with Gasteiger partial charge in [0.1, 0.15) is 0 Å². The average molecular weight is 361 g/mol. The molecular formula is C18H23N3O3S. The second-order valence-corrected chi connectivity index (χ2v) is 8.32. The van der Waals surface area contributed by atoms with Crippen LogP contribution in [0.4, 0.5) is 0 Å². The first-order valence-corrected chi connectivity index (χ1v) is 9.66. The molecule has 2 aromatic rings. The summed E-state index contributed by atoms with van der Waals surface area (Å²) in [6, 6.07) is 4.07. The molecule has 0 aromatic carbocycles. The van der Waals surface area contributed by atoms with Crippen molar-refractivity contribution in [1.29, 1.82) is 0 Å². The van der Waals surface area contributed by atoms with Crippen LogP contribution in [0.2, 0.25) is 0 Å². The Morgan fingerprint density at radius 2 is 2.24 bits per heavy atom. The summed E-state index contributed by atoms with van der Waals surface area (Å²) in [5, 5.41) is 7.17. The molecule has 2 heterocycles. The fourth-order valence-corrected chi connectivity index (χ4v) is 5.24. The second kappa shape index (κ2) is 6.88. The lowest BCUT2D eigenvalue weighted by Crippen LogP contribution is -2.38. The number of nitrogens with one attached hydrogen (secondary N) is 1. The van der Waals surface area contributed by atoms with Crippen LogP contribution in [0.15, 0.2) is 16.7 Å². The summed E-state index contributed by atoms with van der Waals surface area (Å²) in [4.78, 5) is 19.6. The fourth-order valence-electron chi connectivity index (χ4n) is 4.44. The van der Waals surface area contributed by atoms with Gasteiger partial charge in [0.2, 0.25) is 17.6 Å². The van der Waals surface area contributed by atoms with E-state index in [-0.39, 0.29) is 17.7 Å². The zero-order valence-electron chi connectivity index (χ0n) is 14.5. The summed E-state index contributed by atoms with van der Waals surface area (Å²) in [6.45, 7) is 3.13. The van der Waals surface area contributed by atoms with Crippen LogP contribution in [0.3, 0.4) is 0 Å². The van der Waals surface area contributed by atoms with Crippen LogP contribution in [-0.4, -0.2) is 36.3 Å². The third-order valence-corrected chi connectivity index (χ3v) is 6.51. The minimum Gasteiger partial charge on any atom is -0.383 e. The number of hydrogen-bond donors (Lipinski definition) is 1. The Morgan fingerprint density at radius 1 is 1.40 bits per heavy atom. The van der Waals surface area contributed by atoms with Gasteiger partial charge in [-0.25, -0.2) is 0 Å². The number of amides is 1. The van der Waals surface area contributed by atoms with Gasteiger partial charge in [-0.15, -0.1) is 11.3 Å². The molecule has 1 amide bonds. The molecule has 4 atom stereocenters. The molecule has 2 fully saturated rings. The van der Waals surface area contributed by atoms with E-state index in [2.05, 4.69) is 28.4 Å². The topological polar surface area (TPSA) is 77.2 Å². The lowest BCUT2D eigenvalue weighted by molar-refractivity contribution is -0.127. The van der Waals surface area contributed by atoms with Gasteiger partial charge in [0.25, 0.3) is 0 Å². The summed E-state index contributed by atoms with van der Waals surface area (Å²) in [7, 11) is 1.64. The zero-order chi connectivity index (χ0) is 17.4. The Kier molecular flexibility index (Phi) is 4.60. The number of thiophene rings is 1. The molecule has 2 saturated carbocycles. The van der Waals surface area contributed by atoms with E-state index < -0.39 is 0 Å². The highest BCUT2D eigenvalue weighted by Gasteiger charge is 2.53. The van der Waals surface area contributed by atoms with Gasteiger partial charge in [0, 0.05) is 18.5 Å². The van der Waals surface area contributed by atoms with Gasteiger partial charge in [0.05, 0.1) is 23.3 Å². The van der Waals surface area contributed by atoms with Crippen molar-refractivity contribution in [2.24, 2.45) is 17.8 Å². The molecule has 1 N–H and O–H groups in total. The van der Waals surface area contributed by atoms with Crippen molar-refractivity contribution >= 4 is 17.2 Å². The molecule has 0 spiro atoms. The summed E-state index contributed by atoms with van der Waals surface area (Å²) >= 11 is 1.65. The van der Waals surface area contributed by atoms with E-state index in [0.29, 0.717) is 36.7 Å². The first-order valence-electron chi connectivity index (χ1n) is 8.84. The van der Waals surface area contributed by atoms with E-state index in [9.17, 15) is 4.79 Å². The number of methoxy groups -OCH3 is 1. The Labute approximate surface area is 151 Å². The first kappa shape index (κ1) is 16.7. The molecule has 0 saturated heterocycles. The van der Waals surface area contributed by atoms with E-state index in [1.165, 1.54) is 4.88 Å². The minimum absolute atomic E-state index is 0.0450. The zero-order valence-corrected chi connectivity index (χ0v) is 15.3. The van der Waals surface area contributed by atoms with Crippen molar-refractivity contribution in [2.75, 3.05) is 20.3 Å². The number of aromatic nitrogens is 2. The highest BCUT2D eigenvalue weighted by Crippen LogP contribution is 2.56. The standard InChI is InChI=1S/C18H23N3O3S/c1-10-3-6-13(25-10)16-20-18(24-21-16)15-12-5-4-11(9-12)14(15)17(22)19-7-8-23-2/h3,6,11-12,14-15H,4-5,7-9H2,1-2H3,(H,19,22)/t11-,12+,14-,15-/m0/s1. The molecule has 0 radical (unpaired) electrons. The predicted molar refractivity (Wildman–Crippen MR) is 94.3 cm³/mol. The van der Waals surface area contributed by atoms with Crippen molar-refractivity contribution in [3.63, 3.8) is 0 Å². The largest absolute Gasteiger partial charge is 0.383 e. The molecular weight excluding hydrogens is 338 g/mol. The fraction of sp³-hybridized carbons (Fsp3) is 0.611. The normalized spacial score (nSPS) is 27.8. The van der Waals surface area contributed by atoms with E-state index in [1.807, 2.05) is 6.07 Å². The molecule has 2 aromatic heterocycles. The van der Waals surface area contributed by atoms with Crippen molar-refractivity contribution in [1.82, 2.24) is 15.5 Å². The average Bonchev–Trinajstić information content (AvgIpc) is 3.37. The smallest absolute Gasteiger partial charge is 0.231 e. The molecule has 25 heavy (non-hydrogen) atoms. The number of ether oxygens (including phenoxy) is 1. The third-order valence-electron chi connectivity index (χ3n) is 5.51. The molecule has 4 rings (SSSR count). The lowest BCUT2D eigenvalue weighted by atomic mass is 9.78. The summed E-state index contributed by atoms with van der Waals surface area (Å²) < 4.78 is 10.6. The van der Waals surface area contributed by atoms with Gasteiger partial charge < -0.3 is 14.6 Å². The molecule has 7 heteroatoms. The number of rotatable bonds is 6. The third kappa shape index (κ3) is 3.11. The highest BCUT2D eigenvalue weighted by atomic mass is 32.1. The quantitative estimate of drug-likeness (QED) is 0.801. The van der Waals surface area contributed by atoms with Crippen LogP contribution in [0.1, 0.15) is 35.9 Å². The summed E-state index contributed by atoms with van der Waals surface area (Å²) in [6.07, 6.45) is 3.35. The number of fused-ring (bicyclic) bond motifs is 2. The van der Waals surface area contributed by atoms with Crippen molar-refractivity contribution in [3.8, 4) is 10.7 Å². The maximum Gasteiger partial charge on any atom is 0.231 e. The molecule has 2 aliphatic carbocycles. The van der Waals surface area contributed by atoms with Crippen LogP contribution < -0.4 is 5.32 Å². The van der Waals surface area contributed by atoms with E-state index in [4.69, 9.17) is 9.26 Å². The maximum atomic E-state index is 12.7. The molecule has 6 nitrogen and oxygen atoms in total. The van der Waals surface area contributed by atoms with Crippen LogP contribution >= 0.6 is 11.3 Å². The predicted octanol–water partition coefficient (Wildman–Crippen LogP) is 3.00. The molecule has 0 aliphatic heterocycles. The Bertz CT molecular complexity index is 756. The molecule has 0 unspecified atom stereocenters. The molecule has 2 aliphatic rings. The van der Waals surface area contributed by atoms with Crippen molar-refractivity contribution < 1.29 is 14.1 Å². The molecule has 134 valence electrons. The summed E-state index contributed by atoms with van der Waals surface area (Å²) in [5.41, 5.74) is 0. The monoisotopic (exact) mass is 361 g/mol. The number of aryl methyl sites for hydroxylation is 1. The Morgan fingerprint density at radius 3 is 3.00 bits per heavy atom. The van der Waals surface area contributed by atoms with Crippen LogP contribution in [0.5, 0.6) is 0 Å². The summed E-state index contributed by atoms with van der Waals surface area (Å²) in [5.74, 6) is 2.24. The SMILES string of the molecule is COCCNC(=O)[C@H]1[C@H]2CC[C@H](C2)[C@@H]1c1nc(-c2ccc(C)s2)no1. The van der Waals surface area contributed by atoms with E-state index in [0.717, 1.165) is 24.1 Å². The van der Waals surface area contributed by atoms with Crippen LogP contribution in [0, 0.1) is 24.7 Å². The van der Waals surface area contributed by atoms with Crippen LogP contribution in [-0.2, 0) is 9.53 Å². The van der Waals surface area contributed by atoms with Gasteiger partial charge in [-0.2, -0.15) is 4.98 Å². The number of nitrogens with zero attached hydrogens (tertiary/aromatic N) is 2. The maximum absolute atomic E-state index is 12.7. The second-order valence-electron chi connectivity index (χ2n) is 7.04. The van der Waals surface area contributed by atoms with Gasteiger partial charge in [0.15, 0.2) is 0 Å². The highest BCUT2D eigenvalue weighted by molar-refractivity contribution is 7.15. The van der Waals surface area contributed by atoms with Crippen molar-refractivity contribution in [2.45, 2.75) is 32.1 Å². The number of hydrogen-bond acceptors (Lipinski definition) is 6. The van der Waals surface area contributed by atoms with Gasteiger partial charge >= 0.3 is 0 Å². The van der Waals surface area contributed by atoms with Crippen molar-refractivity contribution in [3.05, 3.63) is 22.9 Å². The number of carbonyl (C=O) groups is 1. The Balaban J connectivity index is 1.55. The van der Waals surface area contributed by atoms with E-state index in [1.54, 1.807) is 18.4 Å². The number of carbonyl (C=O) groups excluding carboxylic acids is 1. The Hall–Kier alpha value is -1.73. The first-order chi connectivity index (χ1) is 12.2. The lowest BCUT2D eigenvalue weighted by Gasteiger charge is -2.27. The van der Waals surface area contributed by atoms with Gasteiger partial charge in [-0.05, 0) is 50.2 Å².